The van der Waals surface area contributed by atoms with E-state index in [4.69, 9.17) is 60.3 Å². The van der Waals surface area contributed by atoms with E-state index >= 15 is 0 Å². The zero-order valence-corrected chi connectivity index (χ0v) is 66.6. The van der Waals surface area contributed by atoms with Crippen LogP contribution in [0.5, 0.6) is 5.75 Å². The molecular weight excluding hydrogens is 1460 g/mol. The first-order valence-electron chi connectivity index (χ1n) is 35.5. The highest BCUT2D eigenvalue weighted by Crippen LogP contribution is 2.34. The van der Waals surface area contributed by atoms with Crippen molar-refractivity contribution in [2.75, 3.05) is 36.7 Å². The number of nitrogens with two attached hydrogens (primary N) is 2. The van der Waals surface area contributed by atoms with E-state index in [1.807, 2.05) is 62.3 Å². The molecular formula is C77H105F2N13O20. The number of aryl methyl sites for hydroxylation is 3. The van der Waals surface area contributed by atoms with E-state index in [0.29, 0.717) is 79.8 Å². The predicted octanol–water partition coefficient (Wildman–Crippen LogP) is 9.87. The number of rotatable bonds is 22. The number of aromatic nitrogens is 3. The molecule has 0 unspecified atom stereocenters. The number of nitrogens with one attached hydrogen (secondary N) is 8. The van der Waals surface area contributed by atoms with Gasteiger partial charge in [-0.2, -0.15) is 0 Å². The summed E-state index contributed by atoms with van der Waals surface area (Å²) in [5, 5.41) is 36.5. The van der Waals surface area contributed by atoms with Crippen molar-refractivity contribution in [1.29, 1.82) is 0 Å². The lowest BCUT2D eigenvalue weighted by atomic mass is 10.1. The number of aliphatic carboxylic acids is 1. The van der Waals surface area contributed by atoms with E-state index in [9.17, 15) is 61.5 Å². The largest absolute Gasteiger partial charge is 0.491 e. The summed E-state index contributed by atoms with van der Waals surface area (Å²) in [5.41, 5.74) is 6.76. The molecule has 2 aliphatic heterocycles. The lowest BCUT2D eigenvalue weighted by Gasteiger charge is -2.22. The fourth-order valence-corrected chi connectivity index (χ4v) is 9.51. The number of amides is 5. The Morgan fingerprint density at radius 1 is 0.562 bits per heavy atom. The molecule has 2 aliphatic rings. The molecule has 5 amide bonds. The van der Waals surface area contributed by atoms with Gasteiger partial charge in [0, 0.05) is 33.0 Å². The monoisotopic (exact) mass is 1570 g/mol. The van der Waals surface area contributed by atoms with Crippen LogP contribution in [-0.4, -0.2) is 117 Å². The van der Waals surface area contributed by atoms with Crippen molar-refractivity contribution in [3.63, 3.8) is 0 Å². The number of fused-ring (bicyclic) bond motifs is 2. The number of carbonyl (C=O) groups excluding carboxylic acids is 6. The summed E-state index contributed by atoms with van der Waals surface area (Å²) in [5.74, 6) is 4.78. The van der Waals surface area contributed by atoms with Crippen LogP contribution < -0.4 is 80.5 Å². The zero-order chi connectivity index (χ0) is 85.3. The average molecular weight is 1570 g/mol. The molecule has 14 N–H and O–H groups in total. The molecule has 4 aromatic carbocycles. The van der Waals surface area contributed by atoms with Gasteiger partial charge in [0.05, 0.1) is 66.8 Å². The van der Waals surface area contributed by atoms with Gasteiger partial charge in [-0.1, -0.05) is 52.7 Å². The summed E-state index contributed by atoms with van der Waals surface area (Å²) >= 11 is 0. The Kier molecular flexibility index (Phi) is 39.0. The highest BCUT2D eigenvalue weighted by Gasteiger charge is 2.33. The molecule has 0 spiro atoms. The average Bonchev–Trinajstić information content (AvgIpc) is 0.859. The number of methoxy groups -OCH3 is 1. The molecule has 5 atom stereocenters. The molecule has 0 radical (unpaired) electrons. The van der Waals surface area contributed by atoms with Gasteiger partial charge in [-0.15, -0.1) is 18.8 Å². The number of halogens is 2. The first kappa shape index (κ1) is 96.3. The molecule has 3 aromatic heterocycles. The van der Waals surface area contributed by atoms with E-state index in [-0.39, 0.29) is 76.1 Å². The molecule has 112 heavy (non-hydrogen) atoms. The first-order chi connectivity index (χ1) is 52.5. The van der Waals surface area contributed by atoms with Crippen molar-refractivity contribution in [2.24, 2.45) is 11.5 Å². The Morgan fingerprint density at radius 2 is 0.946 bits per heavy atom. The number of nitrogens with zero attached hydrogens (tertiary/aromatic N) is 3. The third-order valence-electron chi connectivity index (χ3n) is 14.9. The number of ether oxygens (including phenoxy) is 4. The Labute approximate surface area is 648 Å². The normalized spacial score (nSPS) is 12.8. The third kappa shape index (κ3) is 30.2. The number of carboxylic acid groups (broad SMARTS) is 1. The molecule has 7 aromatic rings. The molecule has 35 heteroatoms. The molecule has 612 valence electrons. The standard InChI is InChI=1S/C19H17FN4O4.C13H9FN2O4.C13H21NO3.C12H20N2O3.C9H17NO4.C7H12N2O.C3H5N.CH4O/c1-3-11(19-22-6-8(2)28-19)23-14-15(17(26)16(14)25)24-13-10(20)5-4-9-7-21-18(27)12(9)13;1-20-12-9(10(17)11(12)18)16-8-6(14)3-2-5-4-15-13(19)7(5)8;1-6-8-9-11(15)10(7-2)14-12(16)17-13(3,4)5;1-6-9(10-13-7-8(2)16-10)14-11(15)17-12(3,4)5;1-5-6(7(11)12)10-8(13)14-9(2,3)4;1-3-6(8)7-9-4-5(2)10-7;1-2-3-4;1-2/h4-6,11,23-24H,3,7H2,1-2H3,(H,21,27);2-3,16H,4H2,1H3,(H,15,19);1,10H,7-9H2,2-5H3,(H,14,16);7,9H,6H2,1-5H3,(H,14,15);6H,5H2,1-4H3,(H,10,13)(H,11,12);4,6H,3,8H2,1-2H3;1H,3-4H2;2H,1H3/t11-;;10-;9-;2*6-;;/m1.1111../s1. The summed E-state index contributed by atoms with van der Waals surface area (Å²) in [6.45, 7) is 31.6. The van der Waals surface area contributed by atoms with Gasteiger partial charge in [-0.25, -0.2) is 42.9 Å². The number of anilines is 5. The highest BCUT2D eigenvalue weighted by molar-refractivity contribution is 6.05. The number of carboxylic acids is 1. The van der Waals surface area contributed by atoms with Crippen LogP contribution in [0, 0.1) is 57.1 Å². The van der Waals surface area contributed by atoms with Crippen LogP contribution in [0.1, 0.15) is 227 Å². The van der Waals surface area contributed by atoms with Crippen molar-refractivity contribution < 1.29 is 84.8 Å². The molecule has 33 nitrogen and oxygen atoms in total. The molecule has 5 heterocycles. The zero-order valence-electron chi connectivity index (χ0n) is 66.6. The van der Waals surface area contributed by atoms with Gasteiger partial charge in [-0.05, 0) is 138 Å². The van der Waals surface area contributed by atoms with Gasteiger partial charge in [0.2, 0.25) is 17.7 Å². The lowest BCUT2D eigenvalue weighted by molar-refractivity contribution is -0.139. The fourth-order valence-electron chi connectivity index (χ4n) is 9.51. The lowest BCUT2D eigenvalue weighted by Crippen LogP contribution is -2.43. The number of aliphatic hydroxyl groups is 1. The predicted molar refractivity (Wildman–Crippen MR) is 415 cm³/mol. The summed E-state index contributed by atoms with van der Waals surface area (Å²) in [7, 11) is 2.24. The van der Waals surface area contributed by atoms with Crippen LogP contribution in [0.3, 0.4) is 0 Å². The molecule has 0 aliphatic carbocycles. The number of alkyl carbamates (subject to hydrolysis) is 3. The van der Waals surface area contributed by atoms with Gasteiger partial charge in [-0.3, -0.25) is 33.6 Å². The Bertz CT molecular complexity index is 4530. The number of oxazole rings is 3. The van der Waals surface area contributed by atoms with Crippen LogP contribution in [-0.2, 0) is 36.9 Å². The van der Waals surface area contributed by atoms with Crippen LogP contribution in [0.2, 0.25) is 0 Å². The number of hydrogen-bond acceptors (Lipinski definition) is 27. The minimum Gasteiger partial charge on any atom is -0.491 e. The summed E-state index contributed by atoms with van der Waals surface area (Å²) in [4.78, 5) is 139. The van der Waals surface area contributed by atoms with E-state index in [0.717, 1.165) is 25.1 Å². The fraction of sp³-hybridized carbons (Fsp3) is 0.481. The maximum atomic E-state index is 14.4. The van der Waals surface area contributed by atoms with E-state index in [1.165, 1.54) is 31.4 Å². The maximum absolute atomic E-state index is 14.4. The summed E-state index contributed by atoms with van der Waals surface area (Å²) in [6, 6.07) is 3.27. The SMILES string of the molecule is C#CCCC(=O)[C@@H](CC)NC(=O)OC(C)(C)C.C#CCN.CC[C@@H](N)c1ncc(C)o1.CC[C@@H](NC(=O)OC(C)(C)C)C(=O)O.CC[C@@H](NC(=O)OC(C)(C)C)c1ncc(C)o1.CC[C@@H](Nc1c(Nc2c(F)ccc3c2C(=O)NC3)c(=O)c1=O)c1ncc(C)o1.CO.COc1c(Nc2c(F)ccc3c2C(=O)NC3)c(=O)c1=O. The quantitative estimate of drug-likeness (QED) is 0.0170. The third-order valence-corrected chi connectivity index (χ3v) is 14.9. The highest BCUT2D eigenvalue weighted by atomic mass is 19.1. The van der Waals surface area contributed by atoms with Crippen molar-refractivity contribution in [3.05, 3.63) is 153 Å². The molecule has 9 rings (SSSR count). The van der Waals surface area contributed by atoms with Crippen molar-refractivity contribution in [2.45, 2.75) is 223 Å². The summed E-state index contributed by atoms with van der Waals surface area (Å²) in [6.07, 6.45) is 16.5. The van der Waals surface area contributed by atoms with E-state index in [1.54, 1.807) is 74.0 Å². The maximum Gasteiger partial charge on any atom is 0.408 e. The number of aliphatic hydroxyl groups excluding tert-OH is 1. The number of hydrogen-bond donors (Lipinski definition) is 12. The number of ketones is 1. The Morgan fingerprint density at radius 3 is 1.30 bits per heavy atom. The van der Waals surface area contributed by atoms with Crippen LogP contribution in [0.15, 0.2) is 75.3 Å². The second-order valence-electron chi connectivity index (χ2n) is 27.3. The van der Waals surface area contributed by atoms with Crippen molar-refractivity contribution >= 4 is 70.3 Å². The molecule has 0 bridgehead atoms. The minimum atomic E-state index is -1.06. The molecule has 0 saturated carbocycles. The van der Waals surface area contributed by atoms with E-state index < -0.39 is 104 Å². The number of benzene rings is 2. The number of terminal acetylenes is 2. The van der Waals surface area contributed by atoms with Crippen molar-refractivity contribution in [3.8, 4) is 30.4 Å². The summed E-state index contributed by atoms with van der Waals surface area (Å²) < 4.78 is 64.3. The van der Waals surface area contributed by atoms with Crippen LogP contribution >= 0.6 is 0 Å². The number of carbonyl (C=O) groups is 7. The van der Waals surface area contributed by atoms with Gasteiger partial charge in [0.25, 0.3) is 33.5 Å². The molecule has 0 fully saturated rings. The minimum absolute atomic E-state index is 0.0168. The Balaban J connectivity index is 0.000000461. The van der Waals surface area contributed by atoms with Crippen LogP contribution in [0.4, 0.5) is 51.6 Å². The number of Topliss-reactive ketones (excluding diaryl/α,β-unsaturated/α-hetero) is 1. The second-order valence-corrected chi connectivity index (χ2v) is 27.3. The van der Waals surface area contributed by atoms with Gasteiger partial charge in [0.15, 0.2) is 11.5 Å². The van der Waals surface area contributed by atoms with Gasteiger partial charge in [0.1, 0.15) is 80.9 Å². The van der Waals surface area contributed by atoms with Gasteiger partial charge < -0.3 is 96.4 Å². The second kappa shape index (κ2) is 45.4. The van der Waals surface area contributed by atoms with E-state index in [2.05, 4.69) is 75.8 Å². The van der Waals surface area contributed by atoms with Crippen molar-refractivity contribution in [1.82, 2.24) is 41.5 Å². The van der Waals surface area contributed by atoms with Gasteiger partial charge >= 0.3 is 24.2 Å². The van der Waals surface area contributed by atoms with Crippen LogP contribution in [0.25, 0.3) is 0 Å². The smallest absolute Gasteiger partial charge is 0.408 e. The molecule has 0 saturated heterocycles. The Hall–Kier alpha value is -11.8. The topological polar surface area (TPSA) is 492 Å². The first-order valence-corrected chi connectivity index (χ1v) is 35.5.